The summed E-state index contributed by atoms with van der Waals surface area (Å²) in [5.41, 5.74) is 2.58. The molecule has 0 aromatic carbocycles. The molecule has 0 amide bonds. The van der Waals surface area contributed by atoms with Crippen molar-refractivity contribution in [3.8, 4) is 0 Å². The molecule has 3 saturated carbocycles. The van der Waals surface area contributed by atoms with Crippen LogP contribution in [0.25, 0.3) is 0 Å². The summed E-state index contributed by atoms with van der Waals surface area (Å²) in [6.07, 6.45) is 11.3. The second-order valence-electron chi connectivity index (χ2n) is 11.0. The Balaban J connectivity index is 1.56. The molecule has 4 fully saturated rings. The fourth-order valence-electron chi connectivity index (χ4n) is 8.92. The number of hydrogen-bond acceptors (Lipinski definition) is 3. The highest BCUT2D eigenvalue weighted by Gasteiger charge is 2.69. The van der Waals surface area contributed by atoms with Gasteiger partial charge in [0.15, 0.2) is 0 Å². The second kappa shape index (κ2) is 5.58. The summed E-state index contributed by atoms with van der Waals surface area (Å²) in [6, 6.07) is 0.651. The summed E-state index contributed by atoms with van der Waals surface area (Å²) in [5, 5.41) is 15.1. The van der Waals surface area contributed by atoms with E-state index in [2.05, 4.69) is 44.2 Å². The summed E-state index contributed by atoms with van der Waals surface area (Å²) >= 11 is 0. The average molecular weight is 359 g/mol. The lowest BCUT2D eigenvalue weighted by atomic mass is 9.41. The molecule has 3 nitrogen and oxygen atoms in total. The molecule has 0 aromatic heterocycles. The fraction of sp³-hybridized carbons (Fsp3) is 0.913. The van der Waals surface area contributed by atoms with Crippen molar-refractivity contribution in [3.63, 3.8) is 0 Å². The van der Waals surface area contributed by atoms with Gasteiger partial charge in [0.25, 0.3) is 0 Å². The van der Waals surface area contributed by atoms with Gasteiger partial charge in [-0.3, -0.25) is 0 Å². The number of likely N-dealkylation sites (tertiary alicyclic amines) is 1. The SMILES string of the molecule is CNC1CCC2(C)C(=CCC3(C)C2CC(O)C24CN(C)CC2CCC34)C1. The molecule has 1 saturated heterocycles. The van der Waals surface area contributed by atoms with Crippen molar-refractivity contribution in [2.45, 2.75) is 70.9 Å². The zero-order valence-electron chi connectivity index (χ0n) is 17.2. The van der Waals surface area contributed by atoms with Crippen LogP contribution in [0.4, 0.5) is 0 Å². The van der Waals surface area contributed by atoms with E-state index in [0.29, 0.717) is 28.7 Å². The maximum Gasteiger partial charge on any atom is 0.0617 e. The molecular weight excluding hydrogens is 320 g/mol. The molecule has 3 heteroatoms. The van der Waals surface area contributed by atoms with Crippen molar-refractivity contribution in [3.05, 3.63) is 11.6 Å². The zero-order valence-corrected chi connectivity index (χ0v) is 17.2. The van der Waals surface area contributed by atoms with Gasteiger partial charge in [0, 0.05) is 24.5 Å². The number of aliphatic hydroxyl groups excluding tert-OH is 1. The first kappa shape index (κ1) is 17.7. The Labute approximate surface area is 159 Å². The fourth-order valence-corrected chi connectivity index (χ4v) is 8.92. The minimum atomic E-state index is -0.0961. The van der Waals surface area contributed by atoms with Crippen molar-refractivity contribution in [1.29, 1.82) is 0 Å². The van der Waals surface area contributed by atoms with Crippen molar-refractivity contribution >= 4 is 0 Å². The lowest BCUT2D eigenvalue weighted by molar-refractivity contribution is -0.166. The minimum absolute atomic E-state index is 0.0961. The van der Waals surface area contributed by atoms with Gasteiger partial charge in [0.1, 0.15) is 0 Å². The number of rotatable bonds is 1. The van der Waals surface area contributed by atoms with E-state index in [1.54, 1.807) is 5.57 Å². The van der Waals surface area contributed by atoms with Crippen LogP contribution in [0.5, 0.6) is 0 Å². The van der Waals surface area contributed by atoms with Gasteiger partial charge in [-0.15, -0.1) is 0 Å². The molecular formula is C23H38N2O. The molecule has 8 unspecified atom stereocenters. The van der Waals surface area contributed by atoms with Crippen LogP contribution in [0.15, 0.2) is 11.6 Å². The standard InChI is InChI=1S/C23H38N2O/c1-21-10-8-17(24-3)11-15(21)7-9-22(2)18-6-5-16-13-25(4)14-23(16,18)20(26)12-19(21)22/h7,16-20,24,26H,5-6,8-14H2,1-4H3. The van der Waals surface area contributed by atoms with Gasteiger partial charge in [-0.25, -0.2) is 0 Å². The van der Waals surface area contributed by atoms with Crippen LogP contribution in [-0.4, -0.2) is 49.3 Å². The van der Waals surface area contributed by atoms with Crippen LogP contribution in [0.2, 0.25) is 0 Å². The number of aliphatic hydroxyl groups is 1. The summed E-state index contributed by atoms with van der Waals surface area (Å²) in [4.78, 5) is 2.51. The molecule has 0 aromatic rings. The smallest absolute Gasteiger partial charge is 0.0617 e. The lowest BCUT2D eigenvalue weighted by Gasteiger charge is -2.64. The third-order valence-corrected chi connectivity index (χ3v) is 10.1. The Morgan fingerprint density at radius 3 is 2.77 bits per heavy atom. The molecule has 2 N–H and O–H groups in total. The Kier molecular flexibility index (Phi) is 3.80. The largest absolute Gasteiger partial charge is 0.392 e. The van der Waals surface area contributed by atoms with Gasteiger partial charge >= 0.3 is 0 Å². The molecule has 1 heterocycles. The minimum Gasteiger partial charge on any atom is -0.392 e. The van der Waals surface area contributed by atoms with Crippen molar-refractivity contribution in [2.24, 2.45) is 34.0 Å². The number of hydrogen-bond donors (Lipinski definition) is 2. The van der Waals surface area contributed by atoms with E-state index in [1.165, 1.54) is 45.1 Å². The molecule has 4 aliphatic carbocycles. The van der Waals surface area contributed by atoms with E-state index in [9.17, 15) is 5.11 Å². The van der Waals surface area contributed by atoms with Gasteiger partial charge in [-0.2, -0.15) is 0 Å². The van der Waals surface area contributed by atoms with Gasteiger partial charge in [-0.05, 0) is 87.6 Å². The first-order chi connectivity index (χ1) is 12.3. The monoisotopic (exact) mass is 358 g/mol. The molecule has 26 heavy (non-hydrogen) atoms. The first-order valence-electron chi connectivity index (χ1n) is 11.1. The number of allylic oxidation sites excluding steroid dienone is 1. The zero-order chi connectivity index (χ0) is 18.3. The Morgan fingerprint density at radius 2 is 2.00 bits per heavy atom. The maximum absolute atomic E-state index is 11.6. The van der Waals surface area contributed by atoms with E-state index in [1.807, 2.05) is 0 Å². The van der Waals surface area contributed by atoms with Crippen LogP contribution in [0, 0.1) is 34.0 Å². The Bertz CT molecular complexity index is 632. The third-order valence-electron chi connectivity index (χ3n) is 10.1. The summed E-state index contributed by atoms with van der Waals surface area (Å²) in [5.74, 6) is 2.09. The molecule has 0 radical (unpaired) electrons. The summed E-state index contributed by atoms with van der Waals surface area (Å²) < 4.78 is 0. The highest BCUT2D eigenvalue weighted by atomic mass is 16.3. The Hall–Kier alpha value is -0.380. The van der Waals surface area contributed by atoms with E-state index >= 15 is 0 Å². The van der Waals surface area contributed by atoms with Crippen LogP contribution in [0.3, 0.4) is 0 Å². The third kappa shape index (κ3) is 2.01. The highest BCUT2D eigenvalue weighted by molar-refractivity contribution is 5.30. The predicted molar refractivity (Wildman–Crippen MR) is 106 cm³/mol. The molecule has 1 aliphatic heterocycles. The van der Waals surface area contributed by atoms with Crippen molar-refractivity contribution in [1.82, 2.24) is 10.2 Å². The molecule has 146 valence electrons. The highest BCUT2D eigenvalue weighted by Crippen LogP contribution is 2.72. The molecule has 8 atom stereocenters. The second-order valence-corrected chi connectivity index (χ2v) is 11.0. The normalized spacial score (nSPS) is 56.3. The van der Waals surface area contributed by atoms with Gasteiger partial charge in [0.2, 0.25) is 0 Å². The predicted octanol–water partition coefficient (Wildman–Crippen LogP) is 3.44. The Morgan fingerprint density at radius 1 is 1.19 bits per heavy atom. The van der Waals surface area contributed by atoms with Crippen LogP contribution >= 0.6 is 0 Å². The van der Waals surface area contributed by atoms with E-state index in [4.69, 9.17) is 0 Å². The number of fused-ring (bicyclic) bond motifs is 4. The molecule has 1 spiro atoms. The maximum atomic E-state index is 11.6. The van der Waals surface area contributed by atoms with Crippen LogP contribution < -0.4 is 5.32 Å². The van der Waals surface area contributed by atoms with E-state index < -0.39 is 0 Å². The first-order valence-corrected chi connectivity index (χ1v) is 11.1. The van der Waals surface area contributed by atoms with Crippen molar-refractivity contribution in [2.75, 3.05) is 27.2 Å². The summed E-state index contributed by atoms with van der Waals surface area (Å²) in [7, 11) is 4.38. The van der Waals surface area contributed by atoms with Gasteiger partial charge in [-0.1, -0.05) is 25.5 Å². The number of nitrogens with one attached hydrogen (secondary N) is 1. The van der Waals surface area contributed by atoms with Crippen molar-refractivity contribution < 1.29 is 5.11 Å². The molecule has 5 aliphatic rings. The lowest BCUT2D eigenvalue weighted by Crippen LogP contribution is -2.62. The van der Waals surface area contributed by atoms with E-state index in [0.717, 1.165) is 18.9 Å². The summed E-state index contributed by atoms with van der Waals surface area (Å²) in [6.45, 7) is 7.49. The van der Waals surface area contributed by atoms with Crippen LogP contribution in [0.1, 0.15) is 58.8 Å². The number of nitrogens with zero attached hydrogens (tertiary/aromatic N) is 1. The quantitative estimate of drug-likeness (QED) is 0.705. The van der Waals surface area contributed by atoms with E-state index in [-0.39, 0.29) is 11.5 Å². The topological polar surface area (TPSA) is 35.5 Å². The van der Waals surface area contributed by atoms with Gasteiger partial charge in [0.05, 0.1) is 6.10 Å². The average Bonchev–Trinajstić information content (AvgIpc) is 3.12. The molecule has 5 rings (SSSR count). The molecule has 0 bridgehead atoms. The van der Waals surface area contributed by atoms with Gasteiger partial charge < -0.3 is 15.3 Å². The van der Waals surface area contributed by atoms with Crippen LogP contribution in [-0.2, 0) is 0 Å².